The van der Waals surface area contributed by atoms with Gasteiger partial charge in [-0.3, -0.25) is 4.98 Å². The summed E-state index contributed by atoms with van der Waals surface area (Å²) in [5, 5.41) is 10.2. The second-order valence-electron chi connectivity index (χ2n) is 4.68. The highest BCUT2D eigenvalue weighted by Gasteiger charge is 2.13. The largest absolute Gasteiger partial charge is 0.493 e. The van der Waals surface area contributed by atoms with Crippen LogP contribution in [0.2, 0.25) is 0 Å². The molecule has 22 heavy (non-hydrogen) atoms. The first-order valence-corrected chi connectivity index (χ1v) is 8.01. The molecule has 1 heterocycles. The van der Waals surface area contributed by atoms with Crippen LogP contribution in [0.5, 0.6) is 11.5 Å². The summed E-state index contributed by atoms with van der Waals surface area (Å²) in [5.74, 6) is 2.18. The van der Waals surface area contributed by atoms with Crippen molar-refractivity contribution >= 4 is 22.7 Å². The Morgan fingerprint density at radius 2 is 1.95 bits per heavy atom. The van der Waals surface area contributed by atoms with Crippen molar-refractivity contribution in [2.24, 2.45) is 5.73 Å². The molecule has 6 heteroatoms. The summed E-state index contributed by atoms with van der Waals surface area (Å²) in [6.45, 7) is 0.688. The fourth-order valence-electron chi connectivity index (χ4n) is 2.15. The van der Waals surface area contributed by atoms with Crippen molar-refractivity contribution in [1.82, 2.24) is 4.98 Å². The molecule has 0 spiro atoms. The Balaban J connectivity index is 2.48. The van der Waals surface area contributed by atoms with Gasteiger partial charge in [0.25, 0.3) is 0 Å². The maximum atomic E-state index is 9.33. The highest BCUT2D eigenvalue weighted by Crippen LogP contribution is 2.37. The summed E-state index contributed by atoms with van der Waals surface area (Å²) in [5.41, 5.74) is 6.89. The molecule has 0 aliphatic heterocycles. The maximum absolute atomic E-state index is 9.33. The molecule has 0 fully saturated rings. The van der Waals surface area contributed by atoms with E-state index in [-0.39, 0.29) is 0 Å². The van der Waals surface area contributed by atoms with Crippen molar-refractivity contribution in [2.75, 3.05) is 26.5 Å². The number of hydrogen-bond donors (Lipinski definition) is 1. The number of nitriles is 1. The molecule has 0 amide bonds. The van der Waals surface area contributed by atoms with Crippen LogP contribution in [-0.2, 0) is 0 Å². The molecule has 0 bridgehead atoms. The van der Waals surface area contributed by atoms with Crippen LogP contribution in [0.4, 0.5) is 0 Å². The number of hydrogen-bond acceptors (Lipinski definition) is 6. The zero-order chi connectivity index (χ0) is 15.9. The predicted molar refractivity (Wildman–Crippen MR) is 88.6 cm³/mol. The van der Waals surface area contributed by atoms with Crippen LogP contribution in [0, 0.1) is 11.3 Å². The number of benzene rings is 1. The van der Waals surface area contributed by atoms with Gasteiger partial charge in [0.2, 0.25) is 0 Å². The number of nitrogens with two attached hydrogens (primary N) is 1. The molecule has 1 aromatic heterocycles. The van der Waals surface area contributed by atoms with Crippen LogP contribution in [-0.4, -0.2) is 31.5 Å². The van der Waals surface area contributed by atoms with Crippen LogP contribution in [0.25, 0.3) is 10.9 Å². The molecule has 0 unspecified atom stereocenters. The molecule has 2 rings (SSSR count). The molecule has 1 aromatic carbocycles. The van der Waals surface area contributed by atoms with Crippen molar-refractivity contribution in [1.29, 1.82) is 5.26 Å². The number of pyridine rings is 1. The number of aromatic nitrogens is 1. The van der Waals surface area contributed by atoms with Crippen molar-refractivity contribution < 1.29 is 9.47 Å². The minimum atomic E-state index is 0.581. The topological polar surface area (TPSA) is 81.2 Å². The lowest BCUT2D eigenvalue weighted by Crippen LogP contribution is -1.99. The second kappa shape index (κ2) is 7.87. The van der Waals surface area contributed by atoms with E-state index in [1.807, 2.05) is 12.1 Å². The summed E-state index contributed by atoms with van der Waals surface area (Å²) >= 11 is 1.66. The predicted octanol–water partition coefficient (Wildman–Crippen LogP) is 2.95. The lowest BCUT2D eigenvalue weighted by atomic mass is 10.1. The van der Waals surface area contributed by atoms with Crippen LogP contribution in [0.15, 0.2) is 23.2 Å². The quantitative estimate of drug-likeness (QED) is 0.624. The van der Waals surface area contributed by atoms with Gasteiger partial charge in [-0.1, -0.05) is 0 Å². The number of methoxy groups -OCH3 is 2. The number of rotatable bonds is 7. The molecule has 2 aromatic rings. The summed E-state index contributed by atoms with van der Waals surface area (Å²) in [6.07, 6.45) is 3.61. The molecule has 0 radical (unpaired) electrons. The molecule has 116 valence electrons. The van der Waals surface area contributed by atoms with Gasteiger partial charge in [-0.2, -0.15) is 5.26 Å². The van der Waals surface area contributed by atoms with Crippen LogP contribution >= 0.6 is 11.8 Å². The highest BCUT2D eigenvalue weighted by molar-refractivity contribution is 7.99. The van der Waals surface area contributed by atoms with Gasteiger partial charge in [0.05, 0.1) is 25.3 Å². The lowest BCUT2D eigenvalue weighted by molar-refractivity contribution is 0.355. The van der Waals surface area contributed by atoms with Gasteiger partial charge >= 0.3 is 0 Å². The fraction of sp³-hybridized carbons (Fsp3) is 0.375. The van der Waals surface area contributed by atoms with E-state index in [2.05, 4.69) is 11.1 Å². The van der Waals surface area contributed by atoms with Crippen molar-refractivity contribution in [3.8, 4) is 17.6 Å². The first-order chi connectivity index (χ1) is 10.7. The molecule has 0 aliphatic carbocycles. The van der Waals surface area contributed by atoms with Crippen molar-refractivity contribution in [2.45, 2.75) is 17.7 Å². The fourth-order valence-corrected chi connectivity index (χ4v) is 3.28. The molecule has 0 saturated carbocycles. The van der Waals surface area contributed by atoms with Gasteiger partial charge in [-0.15, -0.1) is 11.8 Å². The third-order valence-electron chi connectivity index (χ3n) is 3.29. The van der Waals surface area contributed by atoms with Crippen LogP contribution < -0.4 is 15.2 Å². The molecular formula is C16H19N3O2S. The van der Waals surface area contributed by atoms with Gasteiger partial charge in [-0.25, -0.2) is 0 Å². The minimum absolute atomic E-state index is 0.581. The standard InChI is InChI=1S/C16H19N3O2S/c1-20-14-7-12-13(8-15(14)21-2)19-10-11(9-18)16(12)22-6-4-3-5-17/h7-8,10H,3-6,17H2,1-2H3. The number of nitrogens with zero attached hydrogens (tertiary/aromatic N) is 2. The Labute approximate surface area is 134 Å². The van der Waals surface area contributed by atoms with E-state index in [1.165, 1.54) is 0 Å². The van der Waals surface area contributed by atoms with E-state index in [0.29, 0.717) is 23.6 Å². The third kappa shape index (κ3) is 3.43. The molecule has 5 nitrogen and oxygen atoms in total. The van der Waals surface area contributed by atoms with E-state index in [0.717, 1.165) is 34.4 Å². The van der Waals surface area contributed by atoms with Crippen molar-refractivity contribution in [3.05, 3.63) is 23.9 Å². The minimum Gasteiger partial charge on any atom is -0.493 e. The molecular weight excluding hydrogens is 298 g/mol. The highest BCUT2D eigenvalue weighted by atomic mass is 32.2. The second-order valence-corrected chi connectivity index (χ2v) is 5.79. The molecule has 0 atom stereocenters. The van der Waals surface area contributed by atoms with Gasteiger partial charge in [0.15, 0.2) is 11.5 Å². The summed E-state index contributed by atoms with van der Waals surface area (Å²) < 4.78 is 10.7. The average Bonchev–Trinajstić information content (AvgIpc) is 2.57. The number of fused-ring (bicyclic) bond motifs is 1. The monoisotopic (exact) mass is 317 g/mol. The number of unbranched alkanes of at least 4 members (excludes halogenated alkanes) is 1. The third-order valence-corrected chi connectivity index (χ3v) is 4.51. The molecule has 0 saturated heterocycles. The van der Waals surface area contributed by atoms with E-state index in [9.17, 15) is 5.26 Å². The summed E-state index contributed by atoms with van der Waals surface area (Å²) in [4.78, 5) is 5.29. The average molecular weight is 317 g/mol. The smallest absolute Gasteiger partial charge is 0.162 e. The first-order valence-electron chi connectivity index (χ1n) is 7.02. The SMILES string of the molecule is COc1cc2ncc(C#N)c(SCCCCN)c2cc1OC. The first kappa shape index (κ1) is 16.4. The van der Waals surface area contributed by atoms with Gasteiger partial charge in [0.1, 0.15) is 6.07 Å². The number of thioether (sulfide) groups is 1. The van der Waals surface area contributed by atoms with E-state index < -0.39 is 0 Å². The van der Waals surface area contributed by atoms with E-state index >= 15 is 0 Å². The Morgan fingerprint density at radius 1 is 1.23 bits per heavy atom. The van der Waals surface area contributed by atoms with Crippen LogP contribution in [0.1, 0.15) is 18.4 Å². The normalized spacial score (nSPS) is 10.5. The van der Waals surface area contributed by atoms with Crippen molar-refractivity contribution in [3.63, 3.8) is 0 Å². The lowest BCUT2D eigenvalue weighted by Gasteiger charge is -2.12. The van der Waals surface area contributed by atoms with E-state index in [4.69, 9.17) is 15.2 Å². The number of ether oxygens (including phenoxy) is 2. The molecule has 2 N–H and O–H groups in total. The van der Waals surface area contributed by atoms with Crippen LogP contribution in [0.3, 0.4) is 0 Å². The van der Waals surface area contributed by atoms with Gasteiger partial charge in [-0.05, 0) is 31.2 Å². The Morgan fingerprint density at radius 3 is 2.59 bits per heavy atom. The van der Waals surface area contributed by atoms with E-state index in [1.54, 1.807) is 32.2 Å². The zero-order valence-electron chi connectivity index (χ0n) is 12.8. The Kier molecular flexibility index (Phi) is 5.87. The van der Waals surface area contributed by atoms with Gasteiger partial charge in [0, 0.05) is 22.5 Å². The Hall–Kier alpha value is -1.97. The summed E-state index contributed by atoms with van der Waals surface area (Å²) in [7, 11) is 3.19. The molecule has 0 aliphatic rings. The zero-order valence-corrected chi connectivity index (χ0v) is 13.6. The maximum Gasteiger partial charge on any atom is 0.162 e. The summed E-state index contributed by atoms with van der Waals surface area (Å²) in [6, 6.07) is 5.93. The Bertz CT molecular complexity index is 698. The van der Waals surface area contributed by atoms with Gasteiger partial charge < -0.3 is 15.2 Å².